The lowest BCUT2D eigenvalue weighted by Crippen LogP contribution is -2.08. The van der Waals surface area contributed by atoms with Crippen LogP contribution >= 0.6 is 15.9 Å². The molecule has 1 nitrogen and oxygen atoms in total. The molecule has 0 radical (unpaired) electrons. The molecule has 1 atom stereocenters. The Kier molecular flexibility index (Phi) is 3.02. The zero-order chi connectivity index (χ0) is 8.27. The summed E-state index contributed by atoms with van der Waals surface area (Å²) in [5.41, 5.74) is 1.02. The van der Waals surface area contributed by atoms with Crippen LogP contribution < -0.4 is 5.32 Å². The van der Waals surface area contributed by atoms with Crippen LogP contribution in [-0.4, -0.2) is 7.05 Å². The van der Waals surface area contributed by atoms with Crippen LogP contribution in [0.15, 0.2) is 24.3 Å². The molecule has 1 unspecified atom stereocenters. The summed E-state index contributed by atoms with van der Waals surface area (Å²) < 4.78 is 12.4. The highest BCUT2D eigenvalue weighted by atomic mass is 79.9. The number of rotatable bonds is 2. The van der Waals surface area contributed by atoms with E-state index in [0.29, 0.717) is 0 Å². The molecule has 0 aromatic heterocycles. The lowest BCUT2D eigenvalue weighted by molar-refractivity contribution is 0.626. The lowest BCUT2D eigenvalue weighted by atomic mass is 10.2. The molecule has 0 spiro atoms. The highest BCUT2D eigenvalue weighted by molar-refractivity contribution is 9.09. The number of hydrogen-bond acceptors (Lipinski definition) is 1. The molecular weight excluding hydrogens is 209 g/mol. The van der Waals surface area contributed by atoms with Crippen molar-refractivity contribution < 1.29 is 4.39 Å². The van der Waals surface area contributed by atoms with Gasteiger partial charge in [-0.05, 0) is 24.7 Å². The van der Waals surface area contributed by atoms with Crippen molar-refractivity contribution in [2.45, 2.75) is 4.95 Å². The normalized spacial score (nSPS) is 13.0. The summed E-state index contributed by atoms with van der Waals surface area (Å²) >= 11 is 3.38. The van der Waals surface area contributed by atoms with E-state index in [1.165, 1.54) is 12.1 Å². The Bertz CT molecular complexity index is 222. The van der Waals surface area contributed by atoms with E-state index in [0.717, 1.165) is 5.56 Å². The molecule has 11 heavy (non-hydrogen) atoms. The van der Waals surface area contributed by atoms with Crippen molar-refractivity contribution in [3.63, 3.8) is 0 Å². The maximum atomic E-state index is 12.4. The minimum absolute atomic E-state index is 0.100. The van der Waals surface area contributed by atoms with Gasteiger partial charge in [0.15, 0.2) is 0 Å². The monoisotopic (exact) mass is 217 g/mol. The van der Waals surface area contributed by atoms with Gasteiger partial charge < -0.3 is 5.32 Å². The first kappa shape index (κ1) is 8.68. The predicted molar refractivity (Wildman–Crippen MR) is 47.1 cm³/mol. The van der Waals surface area contributed by atoms with Crippen LogP contribution in [0.5, 0.6) is 0 Å². The van der Waals surface area contributed by atoms with Crippen molar-refractivity contribution in [2.24, 2.45) is 0 Å². The summed E-state index contributed by atoms with van der Waals surface area (Å²) in [5.74, 6) is -0.204. The first-order valence-corrected chi connectivity index (χ1v) is 4.22. The molecule has 0 heterocycles. The third kappa shape index (κ3) is 2.27. The van der Waals surface area contributed by atoms with E-state index in [9.17, 15) is 4.39 Å². The van der Waals surface area contributed by atoms with Crippen molar-refractivity contribution in [2.75, 3.05) is 7.05 Å². The summed E-state index contributed by atoms with van der Waals surface area (Å²) in [6.45, 7) is 0. The highest BCUT2D eigenvalue weighted by Crippen LogP contribution is 2.18. The Morgan fingerprint density at radius 2 is 1.91 bits per heavy atom. The van der Waals surface area contributed by atoms with Crippen molar-refractivity contribution in [3.8, 4) is 0 Å². The van der Waals surface area contributed by atoms with Gasteiger partial charge in [-0.15, -0.1) is 0 Å². The van der Waals surface area contributed by atoms with Crippen LogP contribution in [0.25, 0.3) is 0 Å². The van der Waals surface area contributed by atoms with Crippen LogP contribution in [0.2, 0.25) is 0 Å². The van der Waals surface area contributed by atoms with Crippen molar-refractivity contribution in [1.29, 1.82) is 0 Å². The van der Waals surface area contributed by atoms with Crippen LogP contribution in [0.4, 0.5) is 4.39 Å². The fraction of sp³-hybridized carbons (Fsp3) is 0.250. The molecule has 1 aromatic carbocycles. The summed E-state index contributed by atoms with van der Waals surface area (Å²) in [4.78, 5) is 0.100. The number of nitrogens with one attached hydrogen (secondary N) is 1. The lowest BCUT2D eigenvalue weighted by Gasteiger charge is -2.07. The van der Waals surface area contributed by atoms with E-state index in [-0.39, 0.29) is 10.8 Å². The van der Waals surface area contributed by atoms with Gasteiger partial charge in [0.1, 0.15) is 5.82 Å². The second kappa shape index (κ2) is 3.83. The Hall–Kier alpha value is -0.410. The molecule has 1 N–H and O–H groups in total. The summed E-state index contributed by atoms with van der Waals surface area (Å²) in [5, 5.41) is 2.99. The van der Waals surface area contributed by atoms with Crippen LogP contribution in [-0.2, 0) is 0 Å². The SMILES string of the molecule is CNC(Br)c1ccc(F)cc1. The Morgan fingerprint density at radius 1 is 1.36 bits per heavy atom. The average molecular weight is 218 g/mol. The van der Waals surface area contributed by atoms with E-state index in [1.54, 1.807) is 12.1 Å². The summed E-state index contributed by atoms with van der Waals surface area (Å²) in [6.07, 6.45) is 0. The highest BCUT2D eigenvalue weighted by Gasteiger charge is 2.02. The largest absolute Gasteiger partial charge is 0.304 e. The maximum absolute atomic E-state index is 12.4. The average Bonchev–Trinajstić information content (AvgIpc) is 2.05. The van der Waals surface area contributed by atoms with Gasteiger partial charge in [0, 0.05) is 0 Å². The molecule has 0 aliphatic heterocycles. The fourth-order valence-electron chi connectivity index (χ4n) is 0.798. The van der Waals surface area contributed by atoms with E-state index >= 15 is 0 Å². The summed E-state index contributed by atoms with van der Waals surface area (Å²) in [7, 11) is 1.84. The zero-order valence-electron chi connectivity index (χ0n) is 6.14. The first-order valence-electron chi connectivity index (χ1n) is 3.31. The van der Waals surface area contributed by atoms with Crippen molar-refractivity contribution in [3.05, 3.63) is 35.6 Å². The molecule has 1 rings (SSSR count). The molecule has 0 aliphatic carbocycles. The topological polar surface area (TPSA) is 12.0 Å². The second-order valence-corrected chi connectivity index (χ2v) is 3.12. The van der Waals surface area contributed by atoms with Gasteiger partial charge in [0.25, 0.3) is 0 Å². The number of benzene rings is 1. The van der Waals surface area contributed by atoms with Gasteiger partial charge in [-0.2, -0.15) is 0 Å². The molecule has 0 saturated carbocycles. The quantitative estimate of drug-likeness (QED) is 0.593. The van der Waals surface area contributed by atoms with E-state index in [1.807, 2.05) is 7.05 Å². The van der Waals surface area contributed by atoms with Crippen LogP contribution in [0, 0.1) is 5.82 Å². The molecule has 0 saturated heterocycles. The number of halogens is 2. The van der Waals surface area contributed by atoms with Gasteiger partial charge in [0.2, 0.25) is 0 Å². The molecule has 60 valence electrons. The van der Waals surface area contributed by atoms with Crippen molar-refractivity contribution in [1.82, 2.24) is 5.32 Å². The second-order valence-electron chi connectivity index (χ2n) is 2.20. The molecular formula is C8H9BrFN. The van der Waals surface area contributed by atoms with Gasteiger partial charge in [0.05, 0.1) is 4.95 Å². The Balaban J connectivity index is 2.81. The van der Waals surface area contributed by atoms with Crippen molar-refractivity contribution >= 4 is 15.9 Å². The van der Waals surface area contributed by atoms with Crippen LogP contribution in [0.3, 0.4) is 0 Å². The van der Waals surface area contributed by atoms with E-state index in [2.05, 4.69) is 21.2 Å². The molecule has 1 aromatic rings. The number of alkyl halides is 1. The predicted octanol–water partition coefficient (Wildman–Crippen LogP) is 2.44. The van der Waals surface area contributed by atoms with E-state index in [4.69, 9.17) is 0 Å². The first-order chi connectivity index (χ1) is 5.24. The molecule has 0 aliphatic rings. The fourth-order valence-corrected chi connectivity index (χ4v) is 1.10. The minimum atomic E-state index is -0.204. The van der Waals surface area contributed by atoms with Gasteiger partial charge in [-0.3, -0.25) is 0 Å². The molecule has 0 amide bonds. The third-order valence-corrected chi connectivity index (χ3v) is 2.40. The summed E-state index contributed by atoms with van der Waals surface area (Å²) in [6, 6.07) is 6.37. The third-order valence-electron chi connectivity index (χ3n) is 1.42. The minimum Gasteiger partial charge on any atom is -0.304 e. The molecule has 0 fully saturated rings. The van der Waals surface area contributed by atoms with Gasteiger partial charge in [-0.25, -0.2) is 4.39 Å². The van der Waals surface area contributed by atoms with Crippen LogP contribution in [0.1, 0.15) is 10.5 Å². The smallest absolute Gasteiger partial charge is 0.123 e. The number of hydrogen-bond donors (Lipinski definition) is 1. The van der Waals surface area contributed by atoms with E-state index < -0.39 is 0 Å². The maximum Gasteiger partial charge on any atom is 0.123 e. The van der Waals surface area contributed by atoms with Gasteiger partial charge >= 0.3 is 0 Å². The molecule has 0 bridgehead atoms. The standard InChI is InChI=1S/C8H9BrFN/c1-11-8(9)6-2-4-7(10)5-3-6/h2-5,8,11H,1H3. The Labute approximate surface area is 73.7 Å². The van der Waals surface area contributed by atoms with Gasteiger partial charge in [-0.1, -0.05) is 28.1 Å². The molecule has 3 heteroatoms. The Morgan fingerprint density at radius 3 is 2.36 bits per heavy atom. The zero-order valence-corrected chi connectivity index (χ0v) is 7.73.